The fourth-order valence-corrected chi connectivity index (χ4v) is 2.02. The van der Waals surface area contributed by atoms with Crippen LogP contribution in [0.15, 0.2) is 42.5 Å². The van der Waals surface area contributed by atoms with Crippen molar-refractivity contribution < 1.29 is 35.8 Å². The van der Waals surface area contributed by atoms with Crippen molar-refractivity contribution in [3.63, 3.8) is 0 Å². The molecular weight excluding hydrogens is 326 g/mol. The van der Waals surface area contributed by atoms with Crippen molar-refractivity contribution in [2.24, 2.45) is 0 Å². The van der Waals surface area contributed by atoms with E-state index in [2.05, 4.69) is 4.74 Å². The van der Waals surface area contributed by atoms with E-state index >= 15 is 0 Å². The van der Waals surface area contributed by atoms with Gasteiger partial charge in [0.1, 0.15) is 11.5 Å². The van der Waals surface area contributed by atoms with Gasteiger partial charge in [0, 0.05) is 11.1 Å². The predicted molar refractivity (Wildman–Crippen MR) is 70.1 cm³/mol. The Balaban J connectivity index is 2.66. The number of hydrogen-bond acceptors (Lipinski definition) is 2. The molecule has 0 aliphatic carbocycles. The van der Waals surface area contributed by atoms with Crippen molar-refractivity contribution >= 4 is 0 Å². The first kappa shape index (κ1) is 17.0. The third-order valence-corrected chi connectivity index (χ3v) is 2.94. The second-order valence-electron chi connectivity index (χ2n) is 4.45. The topological polar surface area (TPSA) is 18.5 Å². The van der Waals surface area contributed by atoms with Crippen molar-refractivity contribution in [1.82, 2.24) is 0 Å². The van der Waals surface area contributed by atoms with Crippen LogP contribution in [0.4, 0.5) is 26.3 Å². The first-order valence-corrected chi connectivity index (χ1v) is 6.22. The third-order valence-electron chi connectivity index (χ3n) is 2.94. The molecular formula is C15H10F6O2. The highest BCUT2D eigenvalue weighted by Crippen LogP contribution is 2.42. The molecule has 8 heteroatoms. The Morgan fingerprint density at radius 1 is 0.826 bits per heavy atom. The molecule has 0 saturated carbocycles. The summed E-state index contributed by atoms with van der Waals surface area (Å²) in [6, 6.07) is 7.46. The average molecular weight is 336 g/mol. The highest BCUT2D eigenvalue weighted by molar-refractivity contribution is 5.75. The largest absolute Gasteiger partial charge is 0.573 e. The predicted octanol–water partition coefficient (Wildman–Crippen LogP) is 5.28. The molecule has 2 aromatic rings. The summed E-state index contributed by atoms with van der Waals surface area (Å²) in [5.74, 6) is -0.645. The molecule has 0 aliphatic heterocycles. The Morgan fingerprint density at radius 2 is 1.48 bits per heavy atom. The molecule has 0 saturated heterocycles. The maximum absolute atomic E-state index is 13.1. The number of halogens is 6. The number of benzene rings is 2. The molecule has 0 aliphatic rings. The number of rotatable bonds is 3. The van der Waals surface area contributed by atoms with Gasteiger partial charge in [-0.15, -0.1) is 13.2 Å². The minimum atomic E-state index is -5.02. The number of hydrogen-bond donors (Lipinski definition) is 0. The van der Waals surface area contributed by atoms with Gasteiger partial charge >= 0.3 is 12.5 Å². The molecule has 23 heavy (non-hydrogen) atoms. The summed E-state index contributed by atoms with van der Waals surface area (Å²) in [5, 5.41) is 0. The smallest absolute Gasteiger partial charge is 0.497 e. The van der Waals surface area contributed by atoms with Crippen molar-refractivity contribution in [2.75, 3.05) is 7.11 Å². The normalized spacial score (nSPS) is 12.1. The lowest BCUT2D eigenvalue weighted by atomic mass is 9.98. The van der Waals surface area contributed by atoms with Crippen molar-refractivity contribution in [2.45, 2.75) is 12.5 Å². The molecule has 0 unspecified atom stereocenters. The first-order valence-electron chi connectivity index (χ1n) is 6.22. The number of para-hydroxylation sites is 1. The highest BCUT2D eigenvalue weighted by Gasteiger charge is 2.36. The van der Waals surface area contributed by atoms with Gasteiger partial charge in [-0.1, -0.05) is 18.2 Å². The Bertz CT molecular complexity index is 691. The van der Waals surface area contributed by atoms with E-state index in [1.54, 1.807) is 0 Å². The van der Waals surface area contributed by atoms with E-state index in [1.807, 2.05) is 0 Å². The van der Waals surface area contributed by atoms with Gasteiger partial charge in [-0.05, 0) is 24.3 Å². The minimum Gasteiger partial charge on any atom is -0.497 e. The molecule has 2 nitrogen and oxygen atoms in total. The molecule has 0 spiro atoms. The lowest BCUT2D eigenvalue weighted by Crippen LogP contribution is -2.18. The first-order chi connectivity index (χ1) is 10.6. The molecule has 0 fully saturated rings. The third kappa shape index (κ3) is 4.08. The van der Waals surface area contributed by atoms with Crippen molar-refractivity contribution in [3.05, 3.63) is 48.0 Å². The van der Waals surface area contributed by atoms with Crippen LogP contribution in [0.25, 0.3) is 11.1 Å². The van der Waals surface area contributed by atoms with E-state index in [1.165, 1.54) is 19.2 Å². The van der Waals surface area contributed by atoms with Crippen LogP contribution in [0.2, 0.25) is 0 Å². The highest BCUT2D eigenvalue weighted by atomic mass is 19.4. The molecule has 0 atom stereocenters. The molecule has 0 radical (unpaired) electrons. The Kier molecular flexibility index (Phi) is 4.44. The maximum atomic E-state index is 13.1. The summed E-state index contributed by atoms with van der Waals surface area (Å²) in [4.78, 5) is 0. The molecule has 0 aromatic heterocycles. The number of ether oxygens (including phenoxy) is 2. The average Bonchev–Trinajstić information content (AvgIpc) is 2.44. The molecule has 0 bridgehead atoms. The van der Waals surface area contributed by atoms with Gasteiger partial charge < -0.3 is 9.47 Å². The Morgan fingerprint density at radius 3 is 2.04 bits per heavy atom. The fourth-order valence-electron chi connectivity index (χ4n) is 2.02. The SMILES string of the molecule is COc1ccc(C(F)(F)F)c(-c2ccccc2OC(F)(F)F)c1. The van der Waals surface area contributed by atoms with Crippen LogP contribution in [-0.2, 0) is 6.18 Å². The maximum Gasteiger partial charge on any atom is 0.573 e. The summed E-state index contributed by atoms with van der Waals surface area (Å²) >= 11 is 0. The summed E-state index contributed by atoms with van der Waals surface area (Å²) in [7, 11) is 1.24. The van der Waals surface area contributed by atoms with Gasteiger partial charge in [0.05, 0.1) is 12.7 Å². The van der Waals surface area contributed by atoms with Gasteiger partial charge in [-0.25, -0.2) is 0 Å². The second kappa shape index (κ2) is 6.02. The van der Waals surface area contributed by atoms with E-state index < -0.39 is 29.4 Å². The van der Waals surface area contributed by atoms with Crippen LogP contribution in [0.3, 0.4) is 0 Å². The van der Waals surface area contributed by atoms with Crippen LogP contribution >= 0.6 is 0 Å². The monoisotopic (exact) mass is 336 g/mol. The summed E-state index contributed by atoms with van der Waals surface area (Å²) < 4.78 is 85.4. The van der Waals surface area contributed by atoms with E-state index in [0.29, 0.717) is 0 Å². The minimum absolute atomic E-state index is 0.0785. The lowest BCUT2D eigenvalue weighted by molar-refractivity contribution is -0.274. The van der Waals surface area contributed by atoms with E-state index in [4.69, 9.17) is 4.74 Å². The summed E-state index contributed by atoms with van der Waals surface area (Å²) in [6.07, 6.45) is -9.76. The Hall–Kier alpha value is -2.38. The zero-order valence-electron chi connectivity index (χ0n) is 11.6. The molecule has 124 valence electrons. The molecule has 0 amide bonds. The number of alkyl halides is 6. The van der Waals surface area contributed by atoms with Crippen molar-refractivity contribution in [3.8, 4) is 22.6 Å². The summed E-state index contributed by atoms with van der Waals surface area (Å²) in [5.41, 5.74) is -1.88. The quantitative estimate of drug-likeness (QED) is 0.710. The lowest BCUT2D eigenvalue weighted by Gasteiger charge is -2.17. The fraction of sp³-hybridized carbons (Fsp3) is 0.200. The van der Waals surface area contributed by atoms with Gasteiger partial charge in [-0.2, -0.15) is 13.2 Å². The zero-order valence-corrected chi connectivity index (χ0v) is 11.6. The van der Waals surface area contributed by atoms with Crippen LogP contribution in [0.5, 0.6) is 11.5 Å². The molecule has 2 rings (SSSR count). The molecule has 0 N–H and O–H groups in total. The van der Waals surface area contributed by atoms with E-state index in [-0.39, 0.29) is 11.3 Å². The van der Waals surface area contributed by atoms with Gasteiger partial charge in [0.2, 0.25) is 0 Å². The van der Waals surface area contributed by atoms with E-state index in [0.717, 1.165) is 30.3 Å². The van der Waals surface area contributed by atoms with E-state index in [9.17, 15) is 26.3 Å². The van der Waals surface area contributed by atoms with Crippen LogP contribution in [0, 0.1) is 0 Å². The summed E-state index contributed by atoms with van der Waals surface area (Å²) in [6.45, 7) is 0. The van der Waals surface area contributed by atoms with Crippen LogP contribution in [0.1, 0.15) is 5.56 Å². The zero-order chi connectivity index (χ0) is 17.3. The molecule has 2 aromatic carbocycles. The number of methoxy groups -OCH3 is 1. The van der Waals surface area contributed by atoms with Crippen molar-refractivity contribution in [1.29, 1.82) is 0 Å². The van der Waals surface area contributed by atoms with Gasteiger partial charge in [0.15, 0.2) is 0 Å². The second-order valence-corrected chi connectivity index (χ2v) is 4.45. The van der Waals surface area contributed by atoms with Crippen LogP contribution in [-0.4, -0.2) is 13.5 Å². The Labute approximate surface area is 127 Å². The van der Waals surface area contributed by atoms with Gasteiger partial charge in [0.25, 0.3) is 0 Å². The standard InChI is InChI=1S/C15H10F6O2/c1-22-9-6-7-12(14(16,17)18)11(8-9)10-4-2-3-5-13(10)23-15(19,20)21/h2-8H,1H3. The molecule has 0 heterocycles. The van der Waals surface area contributed by atoms with Crippen LogP contribution < -0.4 is 9.47 Å². The van der Waals surface area contributed by atoms with Gasteiger partial charge in [-0.3, -0.25) is 0 Å².